The first-order chi connectivity index (χ1) is 34.3. The third kappa shape index (κ3) is 6.21. The van der Waals surface area contributed by atoms with E-state index in [-0.39, 0.29) is 0 Å². The van der Waals surface area contributed by atoms with Crippen molar-refractivity contribution in [1.29, 1.82) is 0 Å². The molecular weight excluding hydrogens is 849 g/mol. The van der Waals surface area contributed by atoms with Crippen molar-refractivity contribution in [3.63, 3.8) is 0 Å². The molecular formula is C66H58N4. The van der Waals surface area contributed by atoms with Crippen LogP contribution in [-0.4, -0.2) is 8.80 Å². The fourth-order valence-electron chi connectivity index (χ4n) is 12.1. The Kier molecular flexibility index (Phi) is 9.92. The minimum Gasteiger partial charge on any atom is -0.310 e. The van der Waals surface area contributed by atoms with Crippen LogP contribution in [0.4, 0.5) is 34.1 Å². The number of aromatic nitrogens is 2. The third-order valence-electron chi connectivity index (χ3n) is 15.4. The van der Waals surface area contributed by atoms with Crippen LogP contribution in [-0.2, 0) is 12.8 Å². The molecule has 0 fully saturated rings. The smallest absolute Gasteiger partial charge is 0.0641 e. The van der Waals surface area contributed by atoms with Crippen LogP contribution >= 0.6 is 0 Å². The molecule has 0 atom stereocenters. The quantitative estimate of drug-likeness (QED) is 0.121. The van der Waals surface area contributed by atoms with Crippen LogP contribution in [0.5, 0.6) is 0 Å². The molecule has 13 rings (SSSR count). The summed E-state index contributed by atoms with van der Waals surface area (Å²) in [6, 6.07) is 69.0. The van der Waals surface area contributed by atoms with Crippen molar-refractivity contribution in [2.24, 2.45) is 0 Å². The number of nitrogens with zero attached hydrogens (tertiary/aromatic N) is 4. The van der Waals surface area contributed by atoms with Crippen LogP contribution in [0.1, 0.15) is 88.5 Å². The van der Waals surface area contributed by atoms with Gasteiger partial charge < -0.3 is 18.6 Å². The van der Waals surface area contributed by atoms with Crippen molar-refractivity contribution in [1.82, 2.24) is 8.80 Å². The van der Waals surface area contributed by atoms with Crippen molar-refractivity contribution in [3.05, 3.63) is 204 Å². The molecule has 0 amide bonds. The number of benzene rings is 9. The number of anilines is 6. The Morgan fingerprint density at radius 2 is 0.743 bits per heavy atom. The van der Waals surface area contributed by atoms with E-state index < -0.39 is 0 Å². The maximum Gasteiger partial charge on any atom is 0.0641 e. The van der Waals surface area contributed by atoms with E-state index in [9.17, 15) is 0 Å². The van der Waals surface area contributed by atoms with Gasteiger partial charge in [-0.25, -0.2) is 0 Å². The number of para-hydroxylation sites is 2. The SMILES string of the molecule is CCCc1cccc2c1c1c(N(c3ccccc3)c3ccc(C(C)C)cc3)ccc3c4cc5c(cc4n2c31)c1ccc(N(c2ccccc2)c2ccc(C(C)C)cc2)c2c3c(CCC)cccc3n5c12. The summed E-state index contributed by atoms with van der Waals surface area (Å²) in [5.74, 6) is 0.914. The number of hydrogen-bond acceptors (Lipinski definition) is 2. The molecule has 0 aliphatic heterocycles. The first-order valence-electron chi connectivity index (χ1n) is 25.6. The van der Waals surface area contributed by atoms with E-state index in [2.05, 4.69) is 242 Å². The van der Waals surface area contributed by atoms with Crippen molar-refractivity contribution in [2.75, 3.05) is 9.80 Å². The summed E-state index contributed by atoms with van der Waals surface area (Å²) in [7, 11) is 0. The minimum absolute atomic E-state index is 0.457. The lowest BCUT2D eigenvalue weighted by molar-refractivity contribution is 0.866. The molecule has 9 aromatic carbocycles. The maximum atomic E-state index is 2.61. The van der Waals surface area contributed by atoms with Crippen molar-refractivity contribution >= 4 is 110 Å². The standard InChI is InChI=1S/C66H58N4/c1-7-17-45-19-15-25-55-61(45)63-57(67(47-21-11-9-12-22-47)49-31-27-43(28-32-49)41(3)4)37-35-51-53-40-60-54(39-59(53)69(55)65(51)63)52-36-38-58(64-62-46(18-8-2)20-16-26-56(62)70(60)66(52)64)68(48-23-13-10-14-24-48)50-33-29-44(30-34-50)42(5)6/h9-16,19-42H,7-8,17-18H2,1-6H3. The summed E-state index contributed by atoms with van der Waals surface area (Å²) in [5, 5.41) is 10.5. The molecule has 0 spiro atoms. The number of rotatable bonds is 12. The maximum absolute atomic E-state index is 2.61. The molecule has 4 nitrogen and oxygen atoms in total. The predicted octanol–water partition coefficient (Wildman–Crippen LogP) is 19.1. The molecule has 0 saturated heterocycles. The van der Waals surface area contributed by atoms with Gasteiger partial charge in [-0.3, -0.25) is 0 Å². The Bertz CT molecular complexity index is 3800. The second-order valence-electron chi connectivity index (χ2n) is 20.2. The summed E-state index contributed by atoms with van der Waals surface area (Å²) >= 11 is 0. The summed E-state index contributed by atoms with van der Waals surface area (Å²) < 4.78 is 5.22. The molecule has 4 heteroatoms. The fourth-order valence-corrected chi connectivity index (χ4v) is 12.1. The Hall–Kier alpha value is -7.82. The van der Waals surface area contributed by atoms with Gasteiger partial charge in [0.2, 0.25) is 0 Å². The van der Waals surface area contributed by atoms with Gasteiger partial charge >= 0.3 is 0 Å². The first kappa shape index (κ1) is 42.3. The molecule has 0 radical (unpaired) electrons. The average Bonchev–Trinajstić information content (AvgIpc) is 4.12. The third-order valence-corrected chi connectivity index (χ3v) is 15.4. The van der Waals surface area contributed by atoms with Gasteiger partial charge in [-0.15, -0.1) is 0 Å². The Morgan fingerprint density at radius 1 is 0.357 bits per heavy atom. The molecule has 4 aromatic heterocycles. The van der Waals surface area contributed by atoms with Crippen molar-refractivity contribution in [3.8, 4) is 0 Å². The van der Waals surface area contributed by atoms with E-state index in [0.717, 1.165) is 48.4 Å². The lowest BCUT2D eigenvalue weighted by Crippen LogP contribution is -2.10. The van der Waals surface area contributed by atoms with Crippen LogP contribution < -0.4 is 9.80 Å². The van der Waals surface area contributed by atoms with Gasteiger partial charge in [0.15, 0.2) is 0 Å². The zero-order chi connectivity index (χ0) is 47.4. The van der Waals surface area contributed by atoms with Crippen molar-refractivity contribution in [2.45, 2.75) is 79.1 Å². The largest absolute Gasteiger partial charge is 0.310 e. The lowest BCUT2D eigenvalue weighted by Gasteiger charge is -2.27. The molecule has 0 saturated carbocycles. The molecule has 0 aliphatic carbocycles. The molecule has 0 bridgehead atoms. The van der Waals surface area contributed by atoms with Crippen LogP contribution in [0, 0.1) is 0 Å². The monoisotopic (exact) mass is 906 g/mol. The number of hydrogen-bond donors (Lipinski definition) is 0. The topological polar surface area (TPSA) is 15.3 Å². The zero-order valence-corrected chi connectivity index (χ0v) is 41.1. The van der Waals surface area contributed by atoms with E-state index in [1.165, 1.54) is 110 Å². The zero-order valence-electron chi connectivity index (χ0n) is 41.1. The van der Waals surface area contributed by atoms with Crippen LogP contribution in [0.2, 0.25) is 0 Å². The summed E-state index contributed by atoms with van der Waals surface area (Å²) in [6.07, 6.45) is 4.18. The van der Waals surface area contributed by atoms with E-state index in [0.29, 0.717) is 11.8 Å². The number of aryl methyl sites for hydroxylation is 2. The molecule has 70 heavy (non-hydrogen) atoms. The van der Waals surface area contributed by atoms with E-state index in [1.54, 1.807) is 0 Å². The summed E-state index contributed by atoms with van der Waals surface area (Å²) in [5.41, 5.74) is 20.2. The van der Waals surface area contributed by atoms with Crippen molar-refractivity contribution < 1.29 is 0 Å². The van der Waals surface area contributed by atoms with Crippen LogP contribution in [0.25, 0.3) is 76.2 Å². The minimum atomic E-state index is 0.457. The molecule has 0 aliphatic rings. The van der Waals surface area contributed by atoms with Gasteiger partial charge in [0, 0.05) is 65.8 Å². The summed E-state index contributed by atoms with van der Waals surface area (Å²) in [4.78, 5) is 4.97. The normalized spacial score (nSPS) is 12.3. The molecule has 4 heterocycles. The fraction of sp³-hybridized carbons (Fsp3) is 0.182. The second kappa shape index (κ2) is 16.4. The Labute approximate surface area is 410 Å². The van der Waals surface area contributed by atoms with Gasteiger partial charge in [-0.1, -0.05) is 151 Å². The second-order valence-corrected chi connectivity index (χ2v) is 20.2. The highest BCUT2D eigenvalue weighted by molar-refractivity contribution is 6.32. The average molecular weight is 907 g/mol. The molecule has 0 N–H and O–H groups in total. The van der Waals surface area contributed by atoms with Gasteiger partial charge in [0.1, 0.15) is 0 Å². The van der Waals surface area contributed by atoms with Gasteiger partial charge in [-0.05, 0) is 132 Å². The number of fused-ring (bicyclic) bond motifs is 12. The first-order valence-corrected chi connectivity index (χ1v) is 25.6. The Morgan fingerprint density at radius 3 is 1.11 bits per heavy atom. The predicted molar refractivity (Wildman–Crippen MR) is 301 cm³/mol. The summed E-state index contributed by atoms with van der Waals surface area (Å²) in [6.45, 7) is 13.7. The highest BCUT2D eigenvalue weighted by Gasteiger charge is 2.29. The van der Waals surface area contributed by atoms with E-state index >= 15 is 0 Å². The highest BCUT2D eigenvalue weighted by Crippen LogP contribution is 2.52. The van der Waals surface area contributed by atoms with Gasteiger partial charge in [-0.2, -0.15) is 0 Å². The molecule has 13 aromatic rings. The molecule has 342 valence electrons. The molecule has 0 unspecified atom stereocenters. The van der Waals surface area contributed by atoms with Gasteiger partial charge in [0.25, 0.3) is 0 Å². The van der Waals surface area contributed by atoms with E-state index in [4.69, 9.17) is 0 Å². The highest BCUT2D eigenvalue weighted by atomic mass is 15.2. The van der Waals surface area contributed by atoms with Crippen LogP contribution in [0.15, 0.2) is 182 Å². The van der Waals surface area contributed by atoms with Gasteiger partial charge in [0.05, 0.1) is 44.5 Å². The van der Waals surface area contributed by atoms with Crippen LogP contribution in [0.3, 0.4) is 0 Å². The lowest BCUT2D eigenvalue weighted by atomic mass is 9.97. The van der Waals surface area contributed by atoms with E-state index in [1.807, 2.05) is 0 Å². The Balaban J connectivity index is 1.13.